The monoisotopic (exact) mass is 390 g/mol. The van der Waals surface area contributed by atoms with Gasteiger partial charge in [0.2, 0.25) is 5.91 Å². The van der Waals surface area contributed by atoms with Crippen LogP contribution in [-0.2, 0) is 9.59 Å². The van der Waals surface area contributed by atoms with Gasteiger partial charge in [-0.15, -0.1) is 0 Å². The molecule has 1 fully saturated rings. The van der Waals surface area contributed by atoms with E-state index in [0.29, 0.717) is 5.75 Å². The number of carbonyl (C=O) groups excluding carboxylic acids is 2. The van der Waals surface area contributed by atoms with Crippen molar-refractivity contribution in [3.63, 3.8) is 0 Å². The number of non-ortho nitro benzene ring substituents is 1. The zero-order chi connectivity index (χ0) is 16.4. The normalized spacial score (nSPS) is 17.9. The first-order chi connectivity index (χ1) is 10.3. The minimum Gasteiger partial charge on any atom is -0.308 e. The van der Waals surface area contributed by atoms with E-state index in [9.17, 15) is 24.1 Å². The summed E-state index contributed by atoms with van der Waals surface area (Å²) in [6.07, 6.45) is 0.225. The molecule has 2 rings (SSSR count). The molecule has 1 aliphatic rings. The van der Waals surface area contributed by atoms with Crippen molar-refractivity contribution in [2.24, 2.45) is 5.92 Å². The average Bonchev–Trinajstić information content (AvgIpc) is 2.77. The van der Waals surface area contributed by atoms with Gasteiger partial charge in [-0.05, 0) is 21.8 Å². The number of hydrogen-bond donors (Lipinski definition) is 0. The Hall–Kier alpha value is -1.48. The molecule has 22 heavy (non-hydrogen) atoms. The summed E-state index contributed by atoms with van der Waals surface area (Å²) in [6.45, 7) is 1.73. The summed E-state index contributed by atoms with van der Waals surface area (Å²) in [7, 11) is 0. The highest BCUT2D eigenvalue weighted by atomic mass is 79.9. The molecule has 0 aromatic heterocycles. The lowest BCUT2D eigenvalue weighted by Crippen LogP contribution is -2.26. The first-order valence-corrected chi connectivity index (χ1v) is 8.14. The van der Waals surface area contributed by atoms with E-state index >= 15 is 0 Å². The number of rotatable bonds is 4. The molecule has 0 bridgehead atoms. The van der Waals surface area contributed by atoms with Crippen molar-refractivity contribution in [1.82, 2.24) is 0 Å². The Balaban J connectivity index is 2.23. The second-order valence-electron chi connectivity index (χ2n) is 4.89. The van der Waals surface area contributed by atoms with Gasteiger partial charge in [-0.25, -0.2) is 4.39 Å². The molecule has 9 heteroatoms. The Kier molecular flexibility index (Phi) is 5.17. The molecule has 0 saturated carbocycles. The van der Waals surface area contributed by atoms with Crippen LogP contribution in [0, 0.1) is 21.8 Å². The summed E-state index contributed by atoms with van der Waals surface area (Å²) in [6, 6.07) is 1.97. The van der Waals surface area contributed by atoms with Crippen LogP contribution >= 0.6 is 27.7 Å². The summed E-state index contributed by atoms with van der Waals surface area (Å²) < 4.78 is 14.3. The molecular weight excluding hydrogens is 379 g/mol. The molecule has 1 unspecified atom stereocenters. The summed E-state index contributed by atoms with van der Waals surface area (Å²) in [5.74, 6) is -0.649. The van der Waals surface area contributed by atoms with E-state index in [1.165, 1.54) is 17.9 Å². The van der Waals surface area contributed by atoms with E-state index in [1.54, 1.807) is 0 Å². The summed E-state index contributed by atoms with van der Waals surface area (Å²) in [5.41, 5.74) is -0.380. The van der Waals surface area contributed by atoms with Crippen LogP contribution in [0.3, 0.4) is 0 Å². The predicted octanol–water partition coefficient (Wildman–Crippen LogP) is 3.13. The predicted molar refractivity (Wildman–Crippen MR) is 84.4 cm³/mol. The highest BCUT2D eigenvalue weighted by molar-refractivity contribution is 9.10. The first kappa shape index (κ1) is 16.9. The molecule has 0 N–H and O–H groups in total. The second-order valence-corrected chi connectivity index (χ2v) is 6.94. The second kappa shape index (κ2) is 6.74. The van der Waals surface area contributed by atoms with Crippen molar-refractivity contribution in [3.05, 3.63) is 32.5 Å². The number of thioether (sulfide) groups is 1. The van der Waals surface area contributed by atoms with Crippen LogP contribution in [0.2, 0.25) is 0 Å². The van der Waals surface area contributed by atoms with Crippen molar-refractivity contribution in [1.29, 1.82) is 0 Å². The van der Waals surface area contributed by atoms with Crippen molar-refractivity contribution in [3.8, 4) is 0 Å². The molecule has 1 saturated heterocycles. The number of nitro groups is 1. The molecule has 1 aliphatic heterocycles. The Morgan fingerprint density at radius 3 is 2.82 bits per heavy atom. The molecule has 1 amide bonds. The highest BCUT2D eigenvalue weighted by Crippen LogP contribution is 2.37. The number of halogens is 2. The minimum atomic E-state index is -0.825. The van der Waals surface area contributed by atoms with Crippen LogP contribution in [0.1, 0.15) is 13.3 Å². The topological polar surface area (TPSA) is 80.5 Å². The maximum Gasteiger partial charge on any atom is 0.273 e. The van der Waals surface area contributed by atoms with Crippen LogP contribution in [0.15, 0.2) is 16.6 Å². The third kappa shape index (κ3) is 3.64. The van der Waals surface area contributed by atoms with Gasteiger partial charge in [0.15, 0.2) is 10.9 Å². The van der Waals surface area contributed by atoms with Gasteiger partial charge in [0, 0.05) is 31.7 Å². The maximum atomic E-state index is 14.1. The number of nitrogens with zero attached hydrogens (tertiary/aromatic N) is 2. The summed E-state index contributed by atoms with van der Waals surface area (Å²) >= 11 is 4.22. The molecule has 0 aliphatic carbocycles. The van der Waals surface area contributed by atoms with Gasteiger partial charge in [-0.3, -0.25) is 19.7 Å². The number of benzene rings is 1. The minimum absolute atomic E-state index is 0.00549. The molecule has 118 valence electrons. The average molecular weight is 391 g/mol. The Bertz CT molecular complexity index is 632. The standard InChI is InChI=1S/C13H12BrFN2O4S/c1-7(18)22-6-8-2-12(19)16(5-8)13-10(14)3-9(17(20)21)4-11(13)15/h3-4,8H,2,5-6H2,1H3. The van der Waals surface area contributed by atoms with Crippen LogP contribution in [0.5, 0.6) is 0 Å². The molecular formula is C13H12BrFN2O4S. The quantitative estimate of drug-likeness (QED) is 0.582. The van der Waals surface area contributed by atoms with Crippen molar-refractivity contribution < 1.29 is 18.9 Å². The molecule has 1 aromatic carbocycles. The summed E-state index contributed by atoms with van der Waals surface area (Å²) in [4.78, 5) is 34.3. The van der Waals surface area contributed by atoms with Crippen LogP contribution in [0.4, 0.5) is 15.8 Å². The Morgan fingerprint density at radius 2 is 2.27 bits per heavy atom. The number of anilines is 1. The third-order valence-electron chi connectivity index (χ3n) is 3.21. The maximum absolute atomic E-state index is 14.1. The van der Waals surface area contributed by atoms with Gasteiger partial charge in [-0.1, -0.05) is 11.8 Å². The fourth-order valence-electron chi connectivity index (χ4n) is 2.26. The lowest BCUT2D eigenvalue weighted by molar-refractivity contribution is -0.385. The zero-order valence-corrected chi connectivity index (χ0v) is 13.9. The van der Waals surface area contributed by atoms with E-state index in [0.717, 1.165) is 17.8 Å². The number of hydrogen-bond acceptors (Lipinski definition) is 5. The van der Waals surface area contributed by atoms with Gasteiger partial charge in [0.25, 0.3) is 5.69 Å². The number of amides is 1. The van der Waals surface area contributed by atoms with E-state index in [-0.39, 0.29) is 45.8 Å². The largest absolute Gasteiger partial charge is 0.308 e. The van der Waals surface area contributed by atoms with Gasteiger partial charge < -0.3 is 4.90 Å². The number of nitro benzene ring substituents is 1. The highest BCUT2D eigenvalue weighted by Gasteiger charge is 2.34. The molecule has 0 radical (unpaired) electrons. The lowest BCUT2D eigenvalue weighted by atomic mass is 10.1. The summed E-state index contributed by atoms with van der Waals surface area (Å²) in [5, 5.41) is 10.7. The smallest absolute Gasteiger partial charge is 0.273 e. The van der Waals surface area contributed by atoms with Gasteiger partial charge in [-0.2, -0.15) is 0 Å². The number of carbonyl (C=O) groups is 2. The third-order valence-corrected chi connectivity index (χ3v) is 4.86. The molecule has 0 spiro atoms. The van der Waals surface area contributed by atoms with Crippen LogP contribution in [-0.4, -0.2) is 28.2 Å². The fraction of sp³-hybridized carbons (Fsp3) is 0.385. The fourth-order valence-corrected chi connectivity index (χ4v) is 3.59. The Morgan fingerprint density at radius 1 is 1.59 bits per heavy atom. The van der Waals surface area contributed by atoms with Crippen LogP contribution in [0.25, 0.3) is 0 Å². The zero-order valence-electron chi connectivity index (χ0n) is 11.5. The molecule has 1 atom stereocenters. The van der Waals surface area contributed by atoms with Gasteiger partial charge >= 0.3 is 0 Å². The van der Waals surface area contributed by atoms with Crippen molar-refractivity contribution in [2.75, 3.05) is 17.2 Å². The van der Waals surface area contributed by atoms with Crippen molar-refractivity contribution >= 4 is 50.1 Å². The van der Waals surface area contributed by atoms with Gasteiger partial charge in [0.05, 0.1) is 21.1 Å². The van der Waals surface area contributed by atoms with Crippen molar-refractivity contribution in [2.45, 2.75) is 13.3 Å². The molecule has 1 heterocycles. The molecule has 6 nitrogen and oxygen atoms in total. The SMILES string of the molecule is CC(=O)SCC1CC(=O)N(c2c(F)cc([N+](=O)[O-])cc2Br)C1. The Labute approximate surface area is 138 Å². The van der Waals surface area contributed by atoms with E-state index in [2.05, 4.69) is 15.9 Å². The van der Waals surface area contributed by atoms with E-state index < -0.39 is 10.7 Å². The lowest BCUT2D eigenvalue weighted by Gasteiger charge is -2.19. The molecule has 1 aromatic rings. The van der Waals surface area contributed by atoms with E-state index in [1.807, 2.05) is 0 Å². The first-order valence-electron chi connectivity index (χ1n) is 6.36. The van der Waals surface area contributed by atoms with E-state index in [4.69, 9.17) is 0 Å². The van der Waals surface area contributed by atoms with Gasteiger partial charge in [0.1, 0.15) is 0 Å². The van der Waals surface area contributed by atoms with Crippen LogP contribution < -0.4 is 4.90 Å².